The molecular formula is C31H27NO4. The third-order valence-corrected chi connectivity index (χ3v) is 6.15. The van der Waals surface area contributed by atoms with Crippen molar-refractivity contribution in [3.05, 3.63) is 96.8 Å². The molecule has 0 spiro atoms. The average Bonchev–Trinajstić information content (AvgIpc) is 3.31. The van der Waals surface area contributed by atoms with Gasteiger partial charge in [-0.1, -0.05) is 42.5 Å². The average molecular weight is 478 g/mol. The van der Waals surface area contributed by atoms with E-state index in [9.17, 15) is 4.79 Å². The van der Waals surface area contributed by atoms with Gasteiger partial charge in [-0.2, -0.15) is 0 Å². The predicted octanol–water partition coefficient (Wildman–Crippen LogP) is 7.70. The first kappa shape index (κ1) is 23.2. The van der Waals surface area contributed by atoms with Crippen LogP contribution < -0.4 is 14.8 Å². The van der Waals surface area contributed by atoms with Crippen molar-refractivity contribution in [3.8, 4) is 22.6 Å². The zero-order chi connectivity index (χ0) is 25.1. The summed E-state index contributed by atoms with van der Waals surface area (Å²) in [6.07, 6.45) is 3.36. The van der Waals surface area contributed by atoms with Crippen LogP contribution in [0.5, 0.6) is 11.5 Å². The minimum absolute atomic E-state index is 0.231. The van der Waals surface area contributed by atoms with Crippen LogP contribution in [0.4, 0.5) is 5.69 Å². The van der Waals surface area contributed by atoms with Crippen molar-refractivity contribution in [1.82, 2.24) is 0 Å². The van der Waals surface area contributed by atoms with Crippen molar-refractivity contribution < 1.29 is 18.7 Å². The number of nitrogens with one attached hydrogen (secondary N) is 1. The highest BCUT2D eigenvalue weighted by molar-refractivity contribution is 6.05. The molecule has 1 amide bonds. The van der Waals surface area contributed by atoms with Gasteiger partial charge in [0, 0.05) is 40.4 Å². The number of carbonyl (C=O) groups excluding carboxylic acids is 1. The van der Waals surface area contributed by atoms with Gasteiger partial charge in [0.25, 0.3) is 0 Å². The standard InChI is InChI=1S/C31H27NO4/c1-4-35-29-18-30-27(28(19-36-30)23-13-12-21-8-5-6-9-22(21)15-23)17-26(29)20(2)14-31(33)32-24-10-7-11-25(16-24)34-3/h5-19H,4H2,1-3H3,(H,32,33)/b20-14+. The van der Waals surface area contributed by atoms with Gasteiger partial charge in [-0.05, 0) is 60.0 Å². The third kappa shape index (κ3) is 4.68. The predicted molar refractivity (Wildman–Crippen MR) is 146 cm³/mol. The maximum atomic E-state index is 12.8. The fourth-order valence-electron chi connectivity index (χ4n) is 4.37. The van der Waals surface area contributed by atoms with E-state index in [-0.39, 0.29) is 5.91 Å². The van der Waals surface area contributed by atoms with Gasteiger partial charge < -0.3 is 19.2 Å². The third-order valence-electron chi connectivity index (χ3n) is 6.15. The smallest absolute Gasteiger partial charge is 0.248 e. The Labute approximate surface area is 210 Å². The minimum Gasteiger partial charge on any atom is -0.497 e. The summed E-state index contributed by atoms with van der Waals surface area (Å²) in [5.74, 6) is 1.12. The van der Waals surface area contributed by atoms with E-state index >= 15 is 0 Å². The first-order valence-corrected chi connectivity index (χ1v) is 11.9. The maximum absolute atomic E-state index is 12.8. The Kier molecular flexibility index (Phi) is 6.46. The van der Waals surface area contributed by atoms with Gasteiger partial charge in [-0.25, -0.2) is 0 Å². The number of anilines is 1. The summed E-state index contributed by atoms with van der Waals surface area (Å²) in [7, 11) is 1.60. The van der Waals surface area contributed by atoms with Crippen LogP contribution in [0.15, 0.2) is 95.6 Å². The fraction of sp³-hybridized carbons (Fsp3) is 0.129. The SMILES string of the molecule is CCOc1cc2occ(-c3ccc4ccccc4c3)c2cc1/C(C)=C/C(=O)Nc1cccc(OC)c1. The molecule has 5 aromatic rings. The van der Waals surface area contributed by atoms with Gasteiger partial charge in [0.2, 0.25) is 5.91 Å². The van der Waals surface area contributed by atoms with E-state index < -0.39 is 0 Å². The van der Waals surface area contributed by atoms with Gasteiger partial charge in [-0.3, -0.25) is 4.79 Å². The van der Waals surface area contributed by atoms with Gasteiger partial charge in [-0.15, -0.1) is 0 Å². The molecule has 0 aliphatic carbocycles. The number of furan rings is 1. The minimum atomic E-state index is -0.231. The van der Waals surface area contributed by atoms with Crippen LogP contribution in [0.25, 0.3) is 38.4 Å². The number of hydrogen-bond donors (Lipinski definition) is 1. The van der Waals surface area contributed by atoms with E-state index in [0.717, 1.165) is 33.2 Å². The molecule has 0 saturated carbocycles. The molecule has 0 aliphatic rings. The Morgan fingerprint density at radius 1 is 0.972 bits per heavy atom. The van der Waals surface area contributed by atoms with Crippen LogP contribution in [-0.4, -0.2) is 19.6 Å². The zero-order valence-corrected chi connectivity index (χ0v) is 20.5. The fourth-order valence-corrected chi connectivity index (χ4v) is 4.37. The molecule has 0 unspecified atom stereocenters. The number of carbonyl (C=O) groups is 1. The van der Waals surface area contributed by atoms with Crippen LogP contribution in [0.3, 0.4) is 0 Å². The van der Waals surface area contributed by atoms with Crippen molar-refractivity contribution in [3.63, 3.8) is 0 Å². The number of ether oxygens (including phenoxy) is 2. The van der Waals surface area contributed by atoms with Crippen LogP contribution in [0, 0.1) is 0 Å². The number of amides is 1. The number of allylic oxidation sites excluding steroid dienone is 1. The Morgan fingerprint density at radius 3 is 2.61 bits per heavy atom. The normalized spacial score (nSPS) is 11.6. The molecule has 0 bridgehead atoms. The van der Waals surface area contributed by atoms with Crippen molar-refractivity contribution in [2.45, 2.75) is 13.8 Å². The van der Waals surface area contributed by atoms with E-state index in [1.165, 1.54) is 10.8 Å². The molecule has 1 aromatic heterocycles. The second-order valence-electron chi connectivity index (χ2n) is 8.54. The number of hydrogen-bond acceptors (Lipinski definition) is 4. The summed E-state index contributed by atoms with van der Waals surface area (Å²) < 4.78 is 17.1. The molecule has 1 heterocycles. The number of rotatable bonds is 7. The highest BCUT2D eigenvalue weighted by Gasteiger charge is 2.16. The van der Waals surface area contributed by atoms with Crippen molar-refractivity contribution in [2.75, 3.05) is 19.0 Å². The maximum Gasteiger partial charge on any atom is 0.248 e. The summed E-state index contributed by atoms with van der Waals surface area (Å²) in [4.78, 5) is 12.8. The summed E-state index contributed by atoms with van der Waals surface area (Å²) in [5, 5.41) is 6.22. The van der Waals surface area contributed by atoms with E-state index in [1.54, 1.807) is 25.5 Å². The lowest BCUT2D eigenvalue weighted by atomic mass is 9.97. The Bertz CT molecular complexity index is 1600. The highest BCUT2D eigenvalue weighted by atomic mass is 16.5. The lowest BCUT2D eigenvalue weighted by Crippen LogP contribution is -2.08. The molecule has 0 atom stereocenters. The molecule has 5 heteroatoms. The molecule has 36 heavy (non-hydrogen) atoms. The molecule has 180 valence electrons. The second kappa shape index (κ2) is 10.0. The Balaban J connectivity index is 1.53. The van der Waals surface area contributed by atoms with Gasteiger partial charge >= 0.3 is 0 Å². The van der Waals surface area contributed by atoms with Crippen molar-refractivity contribution >= 4 is 38.9 Å². The molecule has 1 N–H and O–H groups in total. The van der Waals surface area contributed by atoms with Crippen LogP contribution in [-0.2, 0) is 4.79 Å². The van der Waals surface area contributed by atoms with E-state index in [0.29, 0.717) is 23.8 Å². The first-order chi connectivity index (χ1) is 17.6. The van der Waals surface area contributed by atoms with Crippen LogP contribution in [0.1, 0.15) is 19.4 Å². The Hall–Kier alpha value is -4.51. The topological polar surface area (TPSA) is 60.7 Å². The van der Waals surface area contributed by atoms with E-state index in [2.05, 4.69) is 35.6 Å². The molecule has 4 aromatic carbocycles. The quantitative estimate of drug-likeness (QED) is 0.244. The molecule has 0 radical (unpaired) electrons. The molecule has 5 nitrogen and oxygen atoms in total. The second-order valence-corrected chi connectivity index (χ2v) is 8.54. The molecule has 5 rings (SSSR count). The number of methoxy groups -OCH3 is 1. The summed E-state index contributed by atoms with van der Waals surface area (Å²) in [6.45, 7) is 4.34. The van der Waals surface area contributed by atoms with Crippen LogP contribution >= 0.6 is 0 Å². The summed E-state index contributed by atoms with van der Waals surface area (Å²) in [6, 6.07) is 25.9. The molecular weight excluding hydrogens is 450 g/mol. The Morgan fingerprint density at radius 2 is 1.81 bits per heavy atom. The monoisotopic (exact) mass is 477 g/mol. The summed E-state index contributed by atoms with van der Waals surface area (Å²) in [5.41, 5.74) is 5.09. The zero-order valence-electron chi connectivity index (χ0n) is 20.5. The van der Waals surface area contributed by atoms with E-state index in [4.69, 9.17) is 13.9 Å². The van der Waals surface area contributed by atoms with Crippen LogP contribution in [0.2, 0.25) is 0 Å². The molecule has 0 aliphatic heterocycles. The number of fused-ring (bicyclic) bond motifs is 2. The highest BCUT2D eigenvalue weighted by Crippen LogP contribution is 2.38. The number of benzene rings is 4. The van der Waals surface area contributed by atoms with Gasteiger partial charge in [0.15, 0.2) is 0 Å². The van der Waals surface area contributed by atoms with Gasteiger partial charge in [0.05, 0.1) is 20.0 Å². The lowest BCUT2D eigenvalue weighted by molar-refractivity contribution is -0.111. The summed E-state index contributed by atoms with van der Waals surface area (Å²) >= 11 is 0. The van der Waals surface area contributed by atoms with Crippen molar-refractivity contribution in [2.24, 2.45) is 0 Å². The first-order valence-electron chi connectivity index (χ1n) is 11.9. The lowest BCUT2D eigenvalue weighted by Gasteiger charge is -2.12. The largest absolute Gasteiger partial charge is 0.497 e. The van der Waals surface area contributed by atoms with E-state index in [1.807, 2.05) is 56.3 Å². The molecule has 0 saturated heterocycles. The van der Waals surface area contributed by atoms with Gasteiger partial charge in [0.1, 0.15) is 17.1 Å². The molecule has 0 fully saturated rings. The van der Waals surface area contributed by atoms with Crippen molar-refractivity contribution in [1.29, 1.82) is 0 Å².